The monoisotopic (exact) mass is 203 g/mol. The summed E-state index contributed by atoms with van der Waals surface area (Å²) < 4.78 is 5.47. The maximum Gasteiger partial charge on any atom is 0.407 e. The normalized spacial score (nSPS) is 22.1. The van der Waals surface area contributed by atoms with E-state index in [0.29, 0.717) is 6.61 Å². The SMILES string of the molecule is O=C1N[C@@H](c2ccc(Cl)s2)CO1. The maximum atomic E-state index is 10.7. The molecule has 1 amide bonds. The second kappa shape index (κ2) is 2.95. The third-order valence-electron chi connectivity index (χ3n) is 1.61. The van der Waals surface area contributed by atoms with Crippen LogP contribution < -0.4 is 5.32 Å². The van der Waals surface area contributed by atoms with Crippen LogP contribution in [0, 0.1) is 0 Å². The van der Waals surface area contributed by atoms with Crippen LogP contribution in [0.1, 0.15) is 10.9 Å². The van der Waals surface area contributed by atoms with Gasteiger partial charge in [0.15, 0.2) is 0 Å². The molecule has 1 aliphatic heterocycles. The summed E-state index contributed by atoms with van der Waals surface area (Å²) in [6.07, 6.45) is -0.357. The molecule has 0 spiro atoms. The lowest BCUT2D eigenvalue weighted by atomic mass is 10.3. The molecule has 2 heterocycles. The molecular weight excluding hydrogens is 198 g/mol. The number of rotatable bonds is 1. The highest BCUT2D eigenvalue weighted by molar-refractivity contribution is 7.16. The summed E-state index contributed by atoms with van der Waals surface area (Å²) in [7, 11) is 0. The van der Waals surface area contributed by atoms with E-state index in [1.54, 1.807) is 0 Å². The van der Waals surface area contributed by atoms with Crippen LogP contribution in [-0.4, -0.2) is 12.7 Å². The Hall–Kier alpha value is -0.740. The molecule has 0 aromatic carbocycles. The number of thiophene rings is 1. The molecule has 1 saturated heterocycles. The summed E-state index contributed by atoms with van der Waals surface area (Å²) in [6.45, 7) is 0.398. The van der Waals surface area contributed by atoms with Gasteiger partial charge in [0.25, 0.3) is 0 Å². The van der Waals surface area contributed by atoms with Gasteiger partial charge in [0.1, 0.15) is 12.6 Å². The Balaban J connectivity index is 2.15. The second-order valence-corrected chi connectivity index (χ2v) is 4.18. The van der Waals surface area contributed by atoms with Gasteiger partial charge in [0.2, 0.25) is 0 Å². The number of hydrogen-bond donors (Lipinski definition) is 1. The van der Waals surface area contributed by atoms with E-state index in [4.69, 9.17) is 16.3 Å². The zero-order valence-corrected chi connectivity index (χ0v) is 7.61. The Bertz CT molecular complexity index is 312. The van der Waals surface area contributed by atoms with Crippen molar-refractivity contribution in [3.63, 3.8) is 0 Å². The van der Waals surface area contributed by atoms with Gasteiger partial charge < -0.3 is 10.1 Å². The fourth-order valence-corrected chi connectivity index (χ4v) is 2.15. The summed E-state index contributed by atoms with van der Waals surface area (Å²) >= 11 is 7.20. The first-order chi connectivity index (χ1) is 5.75. The van der Waals surface area contributed by atoms with Crippen molar-refractivity contribution >= 4 is 29.0 Å². The summed E-state index contributed by atoms with van der Waals surface area (Å²) in [5, 5.41) is 2.67. The first-order valence-electron chi connectivity index (χ1n) is 3.44. The van der Waals surface area contributed by atoms with E-state index >= 15 is 0 Å². The van der Waals surface area contributed by atoms with E-state index in [1.807, 2.05) is 12.1 Å². The zero-order valence-electron chi connectivity index (χ0n) is 6.04. The number of ether oxygens (including phenoxy) is 1. The lowest BCUT2D eigenvalue weighted by Crippen LogP contribution is -2.17. The van der Waals surface area contributed by atoms with Gasteiger partial charge in [-0.25, -0.2) is 4.79 Å². The molecule has 2 rings (SSSR count). The average molecular weight is 204 g/mol. The molecule has 1 aliphatic rings. The van der Waals surface area contributed by atoms with Crippen LogP contribution in [0.15, 0.2) is 12.1 Å². The van der Waals surface area contributed by atoms with Crippen LogP contribution in [-0.2, 0) is 4.74 Å². The predicted molar refractivity (Wildman–Crippen MR) is 46.6 cm³/mol. The number of alkyl carbamates (subject to hydrolysis) is 1. The Morgan fingerprint density at radius 3 is 3.00 bits per heavy atom. The summed E-state index contributed by atoms with van der Waals surface area (Å²) in [5.74, 6) is 0. The highest BCUT2D eigenvalue weighted by atomic mass is 35.5. The van der Waals surface area contributed by atoms with Gasteiger partial charge in [-0.05, 0) is 12.1 Å². The number of halogens is 1. The van der Waals surface area contributed by atoms with E-state index < -0.39 is 0 Å². The Kier molecular flexibility index (Phi) is 1.94. The molecule has 0 bridgehead atoms. The van der Waals surface area contributed by atoms with Crippen LogP contribution in [0.25, 0.3) is 0 Å². The molecular formula is C7H6ClNO2S. The Morgan fingerprint density at radius 1 is 1.67 bits per heavy atom. The molecule has 1 aromatic rings. The number of carbonyl (C=O) groups excluding carboxylic acids is 1. The molecule has 1 fully saturated rings. The van der Waals surface area contributed by atoms with Gasteiger partial charge >= 0.3 is 6.09 Å². The van der Waals surface area contributed by atoms with Gasteiger partial charge in [0.05, 0.1) is 4.34 Å². The average Bonchev–Trinajstić information content (AvgIpc) is 2.58. The minimum absolute atomic E-state index is 0.0185. The molecule has 1 N–H and O–H groups in total. The third-order valence-corrected chi connectivity index (χ3v) is 2.96. The summed E-state index contributed by atoms with van der Waals surface area (Å²) in [5.41, 5.74) is 0. The van der Waals surface area contributed by atoms with Crippen molar-refractivity contribution in [2.45, 2.75) is 6.04 Å². The maximum absolute atomic E-state index is 10.7. The number of carbonyl (C=O) groups is 1. The van der Waals surface area contributed by atoms with Crippen LogP contribution >= 0.6 is 22.9 Å². The molecule has 0 radical (unpaired) electrons. The fraction of sp³-hybridized carbons (Fsp3) is 0.286. The molecule has 3 nitrogen and oxygen atoms in total. The quantitative estimate of drug-likeness (QED) is 0.760. The first-order valence-corrected chi connectivity index (χ1v) is 4.63. The van der Waals surface area contributed by atoms with E-state index in [0.717, 1.165) is 9.21 Å². The van der Waals surface area contributed by atoms with Gasteiger partial charge in [-0.15, -0.1) is 11.3 Å². The smallest absolute Gasteiger partial charge is 0.407 e. The lowest BCUT2D eigenvalue weighted by molar-refractivity contribution is 0.177. The van der Waals surface area contributed by atoms with Crippen molar-refractivity contribution in [2.75, 3.05) is 6.61 Å². The Morgan fingerprint density at radius 2 is 2.50 bits per heavy atom. The molecule has 0 saturated carbocycles. The van der Waals surface area contributed by atoms with Crippen LogP contribution in [0.5, 0.6) is 0 Å². The van der Waals surface area contributed by atoms with Crippen molar-refractivity contribution in [3.05, 3.63) is 21.3 Å². The van der Waals surface area contributed by atoms with Crippen molar-refractivity contribution in [2.24, 2.45) is 0 Å². The van der Waals surface area contributed by atoms with Gasteiger partial charge in [-0.2, -0.15) is 0 Å². The number of hydrogen-bond acceptors (Lipinski definition) is 3. The van der Waals surface area contributed by atoms with Gasteiger partial charge in [-0.3, -0.25) is 0 Å². The van der Waals surface area contributed by atoms with E-state index in [-0.39, 0.29) is 12.1 Å². The van der Waals surface area contributed by atoms with Crippen molar-refractivity contribution in [1.29, 1.82) is 0 Å². The van der Waals surface area contributed by atoms with Gasteiger partial charge in [0, 0.05) is 4.88 Å². The first kappa shape index (κ1) is 7.89. The van der Waals surface area contributed by atoms with E-state index in [2.05, 4.69) is 5.32 Å². The molecule has 1 aromatic heterocycles. The highest BCUT2D eigenvalue weighted by Crippen LogP contribution is 2.28. The summed E-state index contributed by atoms with van der Waals surface area (Å²) in [6, 6.07) is 3.69. The predicted octanol–water partition coefficient (Wildman–Crippen LogP) is 2.18. The molecule has 5 heteroatoms. The van der Waals surface area contributed by atoms with E-state index in [9.17, 15) is 4.79 Å². The van der Waals surface area contributed by atoms with Crippen LogP contribution in [0.4, 0.5) is 4.79 Å². The standard InChI is InChI=1S/C7H6ClNO2S/c8-6-2-1-5(12-6)4-3-11-7(10)9-4/h1-2,4H,3H2,(H,9,10)/t4-/m1/s1. The largest absolute Gasteiger partial charge is 0.447 e. The number of cyclic esters (lactones) is 1. The number of amides is 1. The van der Waals surface area contributed by atoms with Crippen LogP contribution in [0.2, 0.25) is 4.34 Å². The fourth-order valence-electron chi connectivity index (χ4n) is 1.05. The third kappa shape index (κ3) is 1.40. The van der Waals surface area contributed by atoms with E-state index in [1.165, 1.54) is 11.3 Å². The Labute approximate surface area is 78.3 Å². The number of nitrogens with one attached hydrogen (secondary N) is 1. The summed E-state index contributed by atoms with van der Waals surface area (Å²) in [4.78, 5) is 11.7. The molecule has 0 aliphatic carbocycles. The van der Waals surface area contributed by atoms with Crippen molar-refractivity contribution in [3.8, 4) is 0 Å². The topological polar surface area (TPSA) is 38.3 Å². The van der Waals surface area contributed by atoms with Gasteiger partial charge in [-0.1, -0.05) is 11.6 Å². The molecule has 12 heavy (non-hydrogen) atoms. The molecule has 64 valence electrons. The minimum Gasteiger partial charge on any atom is -0.447 e. The van der Waals surface area contributed by atoms with Crippen molar-refractivity contribution in [1.82, 2.24) is 5.32 Å². The zero-order chi connectivity index (χ0) is 8.55. The molecule has 1 atom stereocenters. The minimum atomic E-state index is -0.357. The lowest BCUT2D eigenvalue weighted by Gasteiger charge is -2.01. The second-order valence-electron chi connectivity index (χ2n) is 2.44. The molecule has 0 unspecified atom stereocenters. The highest BCUT2D eigenvalue weighted by Gasteiger charge is 2.24. The van der Waals surface area contributed by atoms with Crippen LogP contribution in [0.3, 0.4) is 0 Å². The van der Waals surface area contributed by atoms with Crippen molar-refractivity contribution < 1.29 is 9.53 Å².